The van der Waals surface area contributed by atoms with Crippen LogP contribution in [0.4, 0.5) is 54.0 Å². The van der Waals surface area contributed by atoms with Crippen molar-refractivity contribution in [2.75, 3.05) is 21.3 Å². The second-order valence-electron chi connectivity index (χ2n) is 31.8. The lowest BCUT2D eigenvalue weighted by Gasteiger charge is -2.21. The Balaban J connectivity index is 0.000000125. The molecule has 0 spiro atoms. The number of halogens is 8. The average Bonchev–Trinajstić information content (AvgIpc) is 0.773. The largest absolute Gasteiger partial charge is 0.508 e. The zero-order valence-electron chi connectivity index (χ0n) is 70.7. The van der Waals surface area contributed by atoms with Gasteiger partial charge < -0.3 is 62.1 Å². The van der Waals surface area contributed by atoms with Gasteiger partial charge in [-0.05, 0) is 314 Å². The first-order chi connectivity index (χ1) is 65.0. The van der Waals surface area contributed by atoms with Crippen LogP contribution in [0.5, 0.6) is 46.0 Å². The van der Waals surface area contributed by atoms with Crippen molar-refractivity contribution >= 4 is 69.5 Å². The molecule has 0 atom stereocenters. The molecule has 0 unspecified atom stereocenters. The van der Waals surface area contributed by atoms with E-state index in [1.807, 2.05) is 42.5 Å². The van der Waals surface area contributed by atoms with Crippen molar-refractivity contribution in [3.63, 3.8) is 0 Å². The van der Waals surface area contributed by atoms with E-state index >= 15 is 0 Å². The van der Waals surface area contributed by atoms with Crippen LogP contribution < -0.4 is 21.3 Å². The molecule has 0 aliphatic heterocycles. The Hall–Kier alpha value is -16.5. The number of carbonyl (C=O) groups excluding carboxylic acids is 4. The first-order valence-corrected chi connectivity index (χ1v) is 43.2. The van der Waals surface area contributed by atoms with Crippen LogP contribution in [0.2, 0.25) is 0 Å². The molecule has 4 aliphatic rings. The van der Waals surface area contributed by atoms with E-state index in [9.17, 15) is 90.8 Å². The Kier molecular flexibility index (Phi) is 26.0. The number of benzene rings is 12. The van der Waals surface area contributed by atoms with Crippen LogP contribution in [0, 0.1) is 44.3 Å². The van der Waals surface area contributed by atoms with Crippen LogP contribution >= 0.6 is 22.6 Å². The van der Waals surface area contributed by atoms with Crippen LogP contribution in [0.1, 0.15) is 72.1 Å². The van der Waals surface area contributed by atoms with Gasteiger partial charge in [-0.15, -0.1) is 0 Å². The molecule has 0 saturated carbocycles. The van der Waals surface area contributed by atoms with Crippen molar-refractivity contribution in [1.29, 1.82) is 0 Å². The number of rotatable bonds is 15. The number of fused-ring (bicyclic) bond motifs is 12. The third kappa shape index (κ3) is 20.2. The van der Waals surface area contributed by atoms with E-state index in [1.54, 1.807) is 140 Å². The van der Waals surface area contributed by atoms with Crippen molar-refractivity contribution in [2.45, 2.75) is 70.6 Å². The summed E-state index contributed by atoms with van der Waals surface area (Å²) in [7, 11) is 0. The number of nitrogens with one attached hydrogen (secondary N) is 4. The Morgan fingerprint density at radius 2 is 0.563 bits per heavy atom. The summed E-state index contributed by atoms with van der Waals surface area (Å²) in [5.41, 5.74) is 17.2. The fourth-order valence-electron chi connectivity index (χ4n) is 16.0. The summed E-state index contributed by atoms with van der Waals surface area (Å²) in [5, 5.41) is 89.1. The molecule has 32 heteroatoms. The van der Waals surface area contributed by atoms with Crippen molar-refractivity contribution in [2.24, 2.45) is 0 Å². The molecule has 24 nitrogen and oxygen atoms in total. The van der Waals surface area contributed by atoms with Crippen LogP contribution in [0.3, 0.4) is 0 Å². The third-order valence-electron chi connectivity index (χ3n) is 22.6. The number of aryl methyl sites for hydroxylation is 8. The number of aromatic nitrogens is 8. The molecule has 674 valence electrons. The molecular formula is C103H74F7IN12O12. The molecular weight excluding hydrogens is 1860 g/mol. The van der Waals surface area contributed by atoms with E-state index in [0.29, 0.717) is 118 Å². The average molecular weight is 1930 g/mol. The minimum absolute atomic E-state index is 0.0348. The molecule has 0 bridgehead atoms. The van der Waals surface area contributed by atoms with Gasteiger partial charge in [-0.3, -0.25) is 19.2 Å². The maximum atomic E-state index is 14.1. The molecule has 12 aromatic carbocycles. The molecule has 4 amide bonds. The maximum Gasteiger partial charge on any atom is 0.256 e. The Morgan fingerprint density at radius 1 is 0.274 bits per heavy atom. The van der Waals surface area contributed by atoms with E-state index in [-0.39, 0.29) is 88.0 Å². The van der Waals surface area contributed by atoms with E-state index < -0.39 is 64.5 Å². The highest BCUT2D eigenvalue weighted by Gasteiger charge is 2.32. The lowest BCUT2D eigenvalue weighted by Crippen LogP contribution is -2.21. The minimum atomic E-state index is -2.32. The summed E-state index contributed by atoms with van der Waals surface area (Å²) in [6, 6.07) is 65.9. The van der Waals surface area contributed by atoms with Gasteiger partial charge in [0.1, 0.15) is 68.8 Å². The van der Waals surface area contributed by atoms with Gasteiger partial charge in [0.2, 0.25) is 23.5 Å². The van der Waals surface area contributed by atoms with E-state index in [1.165, 1.54) is 48.5 Å². The predicted octanol–water partition coefficient (Wildman–Crippen LogP) is 19.7. The highest BCUT2D eigenvalue weighted by molar-refractivity contribution is 14.1. The molecule has 0 radical (unpaired) electrons. The molecule has 16 aromatic rings. The Bertz CT molecular complexity index is 7350. The van der Waals surface area contributed by atoms with Gasteiger partial charge in [0.05, 0.1) is 64.8 Å². The zero-order chi connectivity index (χ0) is 94.6. The second-order valence-corrected chi connectivity index (χ2v) is 33.1. The van der Waals surface area contributed by atoms with Gasteiger partial charge in [0, 0.05) is 59.2 Å². The van der Waals surface area contributed by atoms with Crippen LogP contribution in [-0.2, 0) is 85.0 Å². The third-order valence-corrected chi connectivity index (χ3v) is 23.4. The van der Waals surface area contributed by atoms with Crippen LogP contribution in [-0.4, -0.2) is 104 Å². The molecule has 12 N–H and O–H groups in total. The van der Waals surface area contributed by atoms with Gasteiger partial charge in [-0.25, -0.2) is 70.6 Å². The topological polar surface area (TPSA) is 381 Å². The quantitative estimate of drug-likeness (QED) is 0.0196. The van der Waals surface area contributed by atoms with Gasteiger partial charge in [0.25, 0.3) is 5.91 Å². The van der Waals surface area contributed by atoms with Gasteiger partial charge in [0.15, 0.2) is 58.2 Å². The van der Waals surface area contributed by atoms with Crippen LogP contribution in [0.15, 0.2) is 243 Å². The number of nitrogens with zero attached hydrogens (tertiary/aromatic N) is 8. The lowest BCUT2D eigenvalue weighted by atomic mass is 9.91. The normalized spacial score (nSPS) is 12.1. The highest BCUT2D eigenvalue weighted by Crippen LogP contribution is 2.44. The number of amides is 4. The molecule has 20 rings (SSSR count). The summed E-state index contributed by atoms with van der Waals surface area (Å²) < 4.78 is 96.6. The second kappa shape index (κ2) is 38.9. The molecule has 0 saturated heterocycles. The van der Waals surface area contributed by atoms with E-state index in [2.05, 4.69) is 53.8 Å². The molecule has 135 heavy (non-hydrogen) atoms. The number of anilines is 4. The lowest BCUT2D eigenvalue weighted by molar-refractivity contribution is -0.116. The number of carbonyl (C=O) groups is 4. The number of phenols is 8. The summed E-state index contributed by atoms with van der Waals surface area (Å²) >= 11 is 2.23. The smallest absolute Gasteiger partial charge is 0.256 e. The summed E-state index contributed by atoms with van der Waals surface area (Å²) in [5.74, 6) is -12.8. The maximum absolute atomic E-state index is 14.1. The SMILES string of the molecule is O=C(Cc1c(F)c(F)c(F)c(F)c1F)Nc1nc2c(nc1-c1ccc(O)cc1)-c1ccc(O)cc1CC2.O=C(Cc1ccc(F)c(F)c1)Nc1nc2c(nc1-c1ccc(O)cc1)-c1ccc(O)cc1CC2.O=C(Cc1ccc(I)cc1)Nc1nc2c(nc1-c1ccc(O)cc1)-c1ccc(O)cc1CC2.O=C(Nc1nc2c(nc1-c1ccc(O)cc1)-c1ccc(O)cc1CC2)c1ccccc1. The Morgan fingerprint density at radius 3 is 0.889 bits per heavy atom. The first-order valence-electron chi connectivity index (χ1n) is 42.1. The monoisotopic (exact) mass is 1930 g/mol. The van der Waals surface area contributed by atoms with E-state index in [0.717, 1.165) is 107 Å². The van der Waals surface area contributed by atoms with E-state index in [4.69, 9.17) is 29.9 Å². The van der Waals surface area contributed by atoms with Crippen molar-refractivity contribution in [3.8, 4) is 136 Å². The number of aromatic hydroxyl groups is 8. The van der Waals surface area contributed by atoms with Crippen LogP contribution in [0.25, 0.3) is 90.1 Å². The zero-order valence-corrected chi connectivity index (χ0v) is 72.8. The number of hydrogen-bond donors (Lipinski definition) is 12. The predicted molar refractivity (Wildman–Crippen MR) is 498 cm³/mol. The standard InChI is InChI=1S/C26H16F5N3O3.C26H19F2N3O3.C26H20IN3O3.C25H19N3O3/c27-19-16(20(28)22(30)23(31)21(19)29)10-18(37)33-26-24(11-1-4-13(35)5-2-11)34-25-15-7-6-14(36)9-12(15)3-8-17(25)32-26;27-20-9-1-14(11-21(20)28)12-23(34)30-26-24(15-2-5-17(32)6-3-15)31-25-19-8-7-18(33)13-16(19)4-10-22(25)29-26;27-18-6-1-15(2-7-18)13-23(33)29-26-24(16-3-8-19(31)9-4-16)30-25-21-11-10-20(32)14-17(21)5-12-22(25)28-26;29-18-9-6-15(7-10-18)22-24(28-25(31)16-4-2-1-3-5-16)26-21-13-8-17-14-19(30)11-12-20(17)23(21)27-22/h1-2,4-7,9,35-36H,3,8,10H2,(H,32,33,37);1-3,5-9,11,13,32-33H,4,10,12H2,(H,29,30,34);1-4,6-11,14,31-32H,5,12-13H2,(H,28,29,33);1-7,9-12,14,29-30H,8,13H2,(H,26,28,31). The fraction of sp³-hybridized carbons (Fsp3) is 0.107. The number of hydrogen-bond acceptors (Lipinski definition) is 20. The van der Waals surface area contributed by atoms with Gasteiger partial charge >= 0.3 is 0 Å². The van der Waals surface area contributed by atoms with Gasteiger partial charge in [-0.1, -0.05) is 36.4 Å². The summed E-state index contributed by atoms with van der Waals surface area (Å²) in [6.07, 6.45) is 3.83. The summed E-state index contributed by atoms with van der Waals surface area (Å²) in [4.78, 5) is 89.2. The molecule has 4 aromatic heterocycles. The molecule has 4 aliphatic carbocycles. The summed E-state index contributed by atoms with van der Waals surface area (Å²) in [6.45, 7) is 0. The highest BCUT2D eigenvalue weighted by atomic mass is 127. The first kappa shape index (κ1) is 90.4. The Labute approximate surface area is 777 Å². The molecule has 0 fully saturated rings. The van der Waals surface area contributed by atoms with Crippen molar-refractivity contribution in [1.82, 2.24) is 39.9 Å². The number of phenolic OH excluding ortho intramolecular Hbond substituents is 8. The minimum Gasteiger partial charge on any atom is -0.508 e. The van der Waals surface area contributed by atoms with Gasteiger partial charge in [-0.2, -0.15) is 0 Å². The fourth-order valence-corrected chi connectivity index (χ4v) is 16.4. The van der Waals surface area contributed by atoms with Crippen molar-refractivity contribution < 1.29 is 90.8 Å². The molecule has 4 heterocycles. The van der Waals surface area contributed by atoms with Crippen molar-refractivity contribution in [3.05, 3.63) is 354 Å².